The van der Waals surface area contributed by atoms with Gasteiger partial charge in [0.2, 0.25) is 0 Å². The molecule has 5 nitrogen and oxygen atoms in total. The number of sulfonamides is 1. The van der Waals surface area contributed by atoms with Crippen LogP contribution in [-0.2, 0) is 26.0 Å². The molecule has 0 aliphatic carbocycles. The van der Waals surface area contributed by atoms with E-state index in [9.17, 15) is 17.6 Å². The van der Waals surface area contributed by atoms with Gasteiger partial charge >= 0.3 is 5.97 Å². The van der Waals surface area contributed by atoms with Crippen molar-refractivity contribution < 1.29 is 22.3 Å². The number of esters is 1. The molecule has 0 spiro atoms. The maximum Gasteiger partial charge on any atom is 0.310 e. The predicted octanol–water partition coefficient (Wildman–Crippen LogP) is 2.73. The molecule has 0 amide bonds. The molecular weight excluding hydrogens is 321 g/mol. The molecule has 7 heteroatoms. The minimum atomic E-state index is -3.86. The van der Waals surface area contributed by atoms with Crippen molar-refractivity contribution in [3.8, 4) is 0 Å². The summed E-state index contributed by atoms with van der Waals surface area (Å²) in [6, 6.07) is 11.1. The summed E-state index contributed by atoms with van der Waals surface area (Å²) in [6.45, 7) is 2.03. The number of hydrogen-bond donors (Lipinski definition) is 1. The Morgan fingerprint density at radius 1 is 1.17 bits per heavy atom. The fraction of sp³-hybridized carbons (Fsp3) is 0.188. The molecular formula is C16H16FNO4S. The molecule has 0 saturated carbocycles. The number of anilines is 1. The van der Waals surface area contributed by atoms with Gasteiger partial charge in [-0.1, -0.05) is 18.2 Å². The number of benzene rings is 2. The Hall–Kier alpha value is -2.41. The van der Waals surface area contributed by atoms with Crippen molar-refractivity contribution in [3.63, 3.8) is 0 Å². The van der Waals surface area contributed by atoms with Crippen molar-refractivity contribution in [3.05, 3.63) is 59.9 Å². The smallest absolute Gasteiger partial charge is 0.310 e. The Kier molecular flexibility index (Phi) is 5.33. The van der Waals surface area contributed by atoms with Gasteiger partial charge in [-0.2, -0.15) is 0 Å². The molecule has 0 atom stereocenters. The fourth-order valence-electron chi connectivity index (χ4n) is 1.92. The molecule has 0 saturated heterocycles. The zero-order valence-electron chi connectivity index (χ0n) is 12.5. The number of ether oxygens (including phenoxy) is 1. The number of halogens is 1. The van der Waals surface area contributed by atoms with Crippen LogP contribution in [0.1, 0.15) is 12.5 Å². The zero-order valence-corrected chi connectivity index (χ0v) is 13.3. The number of hydrogen-bond acceptors (Lipinski definition) is 4. The van der Waals surface area contributed by atoms with Crippen LogP contribution in [0, 0.1) is 5.82 Å². The lowest BCUT2D eigenvalue weighted by molar-refractivity contribution is -0.142. The average Bonchev–Trinajstić information content (AvgIpc) is 2.49. The molecule has 0 aliphatic rings. The maximum atomic E-state index is 13.1. The third-order valence-corrected chi connectivity index (χ3v) is 4.35. The summed E-state index contributed by atoms with van der Waals surface area (Å²) in [5.74, 6) is -0.974. The predicted molar refractivity (Wildman–Crippen MR) is 84.0 cm³/mol. The highest BCUT2D eigenvalue weighted by atomic mass is 32.2. The molecule has 0 radical (unpaired) electrons. The van der Waals surface area contributed by atoms with Crippen LogP contribution in [-0.4, -0.2) is 21.0 Å². The first-order chi connectivity index (χ1) is 10.9. The quantitative estimate of drug-likeness (QED) is 0.823. The van der Waals surface area contributed by atoms with E-state index in [4.69, 9.17) is 4.74 Å². The van der Waals surface area contributed by atoms with Gasteiger partial charge in [-0.15, -0.1) is 0 Å². The second kappa shape index (κ2) is 7.23. The Morgan fingerprint density at radius 2 is 1.87 bits per heavy atom. The van der Waals surface area contributed by atoms with Crippen LogP contribution in [0.5, 0.6) is 0 Å². The zero-order chi connectivity index (χ0) is 16.9. The summed E-state index contributed by atoms with van der Waals surface area (Å²) >= 11 is 0. The number of rotatable bonds is 6. The van der Waals surface area contributed by atoms with Gasteiger partial charge in [0.15, 0.2) is 0 Å². The minimum Gasteiger partial charge on any atom is -0.466 e. The molecule has 0 heterocycles. The molecule has 2 aromatic rings. The van der Waals surface area contributed by atoms with Crippen LogP contribution < -0.4 is 4.72 Å². The molecule has 0 bridgehead atoms. The lowest BCUT2D eigenvalue weighted by atomic mass is 10.1. The molecule has 0 fully saturated rings. The summed E-state index contributed by atoms with van der Waals surface area (Å²) in [5.41, 5.74) is 1.03. The summed E-state index contributed by atoms with van der Waals surface area (Å²) in [4.78, 5) is 11.2. The third kappa shape index (κ3) is 4.79. The normalized spacial score (nSPS) is 11.0. The van der Waals surface area contributed by atoms with Crippen molar-refractivity contribution in [2.24, 2.45) is 0 Å². The summed E-state index contributed by atoms with van der Waals surface area (Å²) in [7, 11) is -3.86. The van der Waals surface area contributed by atoms with Crippen LogP contribution >= 0.6 is 0 Å². The van der Waals surface area contributed by atoms with Crippen LogP contribution in [0.15, 0.2) is 53.4 Å². The topological polar surface area (TPSA) is 72.5 Å². The van der Waals surface area contributed by atoms with Crippen molar-refractivity contribution in [1.82, 2.24) is 0 Å². The minimum absolute atomic E-state index is 0.116. The highest BCUT2D eigenvalue weighted by Crippen LogP contribution is 2.17. The molecule has 122 valence electrons. The Bertz CT molecular complexity index is 788. The Morgan fingerprint density at radius 3 is 2.48 bits per heavy atom. The molecule has 2 aromatic carbocycles. The van der Waals surface area contributed by atoms with Crippen LogP contribution in [0.25, 0.3) is 0 Å². The fourth-order valence-corrected chi connectivity index (χ4v) is 3.01. The van der Waals surface area contributed by atoms with Crippen LogP contribution in [0.2, 0.25) is 0 Å². The van der Waals surface area contributed by atoms with Gasteiger partial charge in [-0.05, 0) is 42.8 Å². The van der Waals surface area contributed by atoms with Gasteiger partial charge in [0, 0.05) is 5.69 Å². The molecule has 23 heavy (non-hydrogen) atoms. The Labute approximate surface area is 134 Å². The van der Waals surface area contributed by atoms with E-state index in [1.807, 2.05) is 0 Å². The van der Waals surface area contributed by atoms with Crippen molar-refractivity contribution >= 4 is 21.7 Å². The first kappa shape index (κ1) is 17.0. The number of carbonyl (C=O) groups excluding carboxylic acids is 1. The van der Waals surface area contributed by atoms with E-state index >= 15 is 0 Å². The van der Waals surface area contributed by atoms with Crippen molar-refractivity contribution in [2.75, 3.05) is 11.3 Å². The van der Waals surface area contributed by atoms with Gasteiger partial charge in [0.25, 0.3) is 10.0 Å². The summed E-state index contributed by atoms with van der Waals surface area (Å²) in [6.07, 6.45) is 0.116. The van der Waals surface area contributed by atoms with E-state index < -0.39 is 15.8 Å². The molecule has 0 unspecified atom stereocenters. The van der Waals surface area contributed by atoms with Crippen LogP contribution in [0.4, 0.5) is 10.1 Å². The van der Waals surface area contributed by atoms with Crippen molar-refractivity contribution in [1.29, 1.82) is 0 Å². The summed E-state index contributed by atoms with van der Waals surface area (Å²) < 4.78 is 44.6. The van der Waals surface area contributed by atoms with Gasteiger partial charge in [-0.3, -0.25) is 9.52 Å². The lowest BCUT2D eigenvalue weighted by Gasteiger charge is -2.09. The van der Waals surface area contributed by atoms with Gasteiger partial charge < -0.3 is 4.74 Å². The van der Waals surface area contributed by atoms with Gasteiger partial charge in [0.1, 0.15) is 5.82 Å². The highest BCUT2D eigenvalue weighted by Gasteiger charge is 2.15. The molecule has 0 aromatic heterocycles. The van der Waals surface area contributed by atoms with Crippen molar-refractivity contribution in [2.45, 2.75) is 18.2 Å². The summed E-state index contributed by atoms with van der Waals surface area (Å²) in [5, 5.41) is 0. The first-order valence-corrected chi connectivity index (χ1v) is 8.42. The third-order valence-electron chi connectivity index (χ3n) is 2.97. The van der Waals surface area contributed by atoms with E-state index in [-0.39, 0.29) is 17.3 Å². The van der Waals surface area contributed by atoms with E-state index in [0.717, 1.165) is 6.07 Å². The second-order valence-electron chi connectivity index (χ2n) is 4.74. The number of nitrogens with one attached hydrogen (secondary N) is 1. The number of carbonyl (C=O) groups is 1. The van der Waals surface area contributed by atoms with Crippen LogP contribution in [0.3, 0.4) is 0 Å². The molecule has 2 rings (SSSR count). The van der Waals surface area contributed by atoms with E-state index in [1.165, 1.54) is 30.3 Å². The van der Waals surface area contributed by atoms with Gasteiger partial charge in [0.05, 0.1) is 17.9 Å². The molecule has 1 N–H and O–H groups in total. The maximum absolute atomic E-state index is 13.1. The first-order valence-electron chi connectivity index (χ1n) is 6.93. The lowest BCUT2D eigenvalue weighted by Crippen LogP contribution is -2.13. The largest absolute Gasteiger partial charge is 0.466 e. The average molecular weight is 337 g/mol. The molecule has 0 aliphatic heterocycles. The van der Waals surface area contributed by atoms with Gasteiger partial charge in [-0.25, -0.2) is 12.8 Å². The SMILES string of the molecule is CCOC(=O)Cc1ccc(NS(=O)(=O)c2cccc(F)c2)cc1. The standard InChI is InChI=1S/C16H16FNO4S/c1-2-22-16(19)10-12-6-8-14(9-7-12)18-23(20,21)15-5-3-4-13(17)11-15/h3-9,11,18H,2,10H2,1H3. The highest BCUT2D eigenvalue weighted by molar-refractivity contribution is 7.92. The second-order valence-corrected chi connectivity index (χ2v) is 6.42. The Balaban J connectivity index is 2.10. The monoisotopic (exact) mass is 337 g/mol. The van der Waals surface area contributed by atoms with E-state index in [1.54, 1.807) is 19.1 Å². The van der Waals surface area contributed by atoms with E-state index in [2.05, 4.69) is 4.72 Å². The van der Waals surface area contributed by atoms with E-state index in [0.29, 0.717) is 17.9 Å².